The lowest BCUT2D eigenvalue weighted by Gasteiger charge is -1.93. The minimum absolute atomic E-state index is 0.945. The zero-order chi connectivity index (χ0) is 5.21. The van der Waals surface area contributed by atoms with Crippen molar-refractivity contribution >= 4 is 7.82 Å². The Morgan fingerprint density at radius 2 is 1.83 bits per heavy atom. The molecule has 2 N–H and O–H groups in total. The van der Waals surface area contributed by atoms with Crippen LogP contribution in [0.15, 0.2) is 0 Å². The number of phosphoric ester groups is 1. The fourth-order valence-electron chi connectivity index (χ4n) is 0. The van der Waals surface area contributed by atoms with Crippen LogP contribution >= 0.6 is 7.82 Å². The van der Waals surface area contributed by atoms with E-state index in [9.17, 15) is 4.57 Å². The van der Waals surface area contributed by atoms with E-state index in [-0.39, 0.29) is 0 Å². The largest absolute Gasteiger partial charge is 0.469 e. The molecule has 6 heavy (non-hydrogen) atoms. The molecule has 0 radical (unpaired) electrons. The maximum atomic E-state index is 9.47. The van der Waals surface area contributed by atoms with Gasteiger partial charge < -0.3 is 9.79 Å². The SMILES string of the molecule is COP(=[18O])([18OH])[18OH]. The summed E-state index contributed by atoms with van der Waals surface area (Å²) < 4.78 is 13.1. The quantitative estimate of drug-likeness (QED) is 0.367. The minimum atomic E-state index is -4.15. The Hall–Kier alpha value is 0.110. The van der Waals surface area contributed by atoms with Crippen LogP contribution in [0.1, 0.15) is 0 Å². The fraction of sp³-hybridized carbons (Fsp3) is 1.00. The van der Waals surface area contributed by atoms with Crippen molar-refractivity contribution in [3.05, 3.63) is 0 Å². The molecule has 0 saturated carbocycles. The first-order valence-electron chi connectivity index (χ1n) is 1.17. The van der Waals surface area contributed by atoms with Gasteiger partial charge in [0.15, 0.2) is 0 Å². The van der Waals surface area contributed by atoms with Crippen molar-refractivity contribution in [2.75, 3.05) is 7.11 Å². The van der Waals surface area contributed by atoms with E-state index in [4.69, 9.17) is 9.79 Å². The number of hydrogen-bond donors (Lipinski definition) is 2. The van der Waals surface area contributed by atoms with Gasteiger partial charge in [0.05, 0.1) is 0 Å². The molecule has 0 fully saturated rings. The molecule has 0 amide bonds. The highest BCUT2D eigenvalue weighted by Crippen LogP contribution is 2.33. The van der Waals surface area contributed by atoms with Crippen molar-refractivity contribution in [2.24, 2.45) is 0 Å². The summed E-state index contributed by atoms with van der Waals surface area (Å²) >= 11 is 0. The highest BCUT2D eigenvalue weighted by molar-refractivity contribution is 7.46. The van der Waals surface area contributed by atoms with Crippen LogP contribution in [0, 0.1) is 0 Å². The van der Waals surface area contributed by atoms with Gasteiger partial charge in [-0.2, -0.15) is 0 Å². The van der Waals surface area contributed by atoms with Crippen LogP contribution < -0.4 is 0 Å². The molecule has 0 aliphatic rings. The maximum Gasteiger partial charge on any atom is 0.469 e. The Morgan fingerprint density at radius 3 is 1.83 bits per heavy atom. The van der Waals surface area contributed by atoms with E-state index in [0.29, 0.717) is 0 Å². The lowest BCUT2D eigenvalue weighted by atomic mass is 11.8. The van der Waals surface area contributed by atoms with Crippen molar-refractivity contribution < 1.29 is 18.9 Å². The Bertz CT molecular complexity index is 71.6. The van der Waals surface area contributed by atoms with Gasteiger partial charge in [-0.15, -0.1) is 0 Å². The first kappa shape index (κ1) is 6.11. The van der Waals surface area contributed by atoms with Gasteiger partial charge in [-0.3, -0.25) is 4.52 Å². The van der Waals surface area contributed by atoms with Crippen molar-refractivity contribution in [1.29, 1.82) is 0 Å². The molecule has 0 heterocycles. The minimum Gasteiger partial charge on any atom is -0.303 e. The van der Waals surface area contributed by atoms with E-state index in [1.807, 2.05) is 0 Å². The summed E-state index contributed by atoms with van der Waals surface area (Å²) in [6, 6.07) is 0. The van der Waals surface area contributed by atoms with Gasteiger partial charge in [0.2, 0.25) is 0 Å². The Morgan fingerprint density at radius 1 is 1.67 bits per heavy atom. The predicted molar refractivity (Wildman–Crippen MR) is 19.1 cm³/mol. The molecular weight excluding hydrogens is 113 g/mol. The van der Waals surface area contributed by atoms with Crippen LogP contribution in [0.3, 0.4) is 0 Å². The van der Waals surface area contributed by atoms with E-state index in [2.05, 4.69) is 4.52 Å². The zero-order valence-corrected chi connectivity index (χ0v) is 4.05. The molecule has 0 aromatic rings. The molecule has 0 aromatic heterocycles. The summed E-state index contributed by atoms with van der Waals surface area (Å²) in [5.41, 5.74) is 0. The molecule has 38 valence electrons. The summed E-state index contributed by atoms with van der Waals surface area (Å²) in [5, 5.41) is 0. The molecule has 0 atom stereocenters. The van der Waals surface area contributed by atoms with E-state index in [1.54, 1.807) is 0 Å². The molecule has 0 aliphatic heterocycles. The van der Waals surface area contributed by atoms with Crippen LogP contribution in [0.25, 0.3) is 0 Å². The molecule has 0 rings (SSSR count). The second-order valence-electron chi connectivity index (χ2n) is 0.673. The van der Waals surface area contributed by atoms with E-state index in [1.165, 1.54) is 0 Å². The molecular formula is CH5O4P. The third kappa shape index (κ3) is 4.11. The van der Waals surface area contributed by atoms with Gasteiger partial charge in [-0.05, 0) is 0 Å². The molecule has 0 aliphatic carbocycles. The Labute approximate surface area is 35.0 Å². The summed E-state index contributed by atoms with van der Waals surface area (Å²) in [7, 11) is -3.20. The predicted octanol–water partition coefficient (Wildman–Crippen LogP) is -0.275. The van der Waals surface area contributed by atoms with Gasteiger partial charge in [0.1, 0.15) is 0 Å². The van der Waals surface area contributed by atoms with Crippen LogP contribution in [0.4, 0.5) is 0 Å². The molecule has 0 bridgehead atoms. The fourth-order valence-corrected chi connectivity index (χ4v) is 0. The lowest BCUT2D eigenvalue weighted by Crippen LogP contribution is -1.76. The molecule has 0 spiro atoms. The van der Waals surface area contributed by atoms with Crippen molar-refractivity contribution in [3.63, 3.8) is 0 Å². The standard InChI is InChI=1S/CH5O4P/c1-5-6(2,3)4/h1H3,(H2,2,3,4)/i2+2,3+2,4+2. The van der Waals surface area contributed by atoms with Crippen LogP contribution in [0.2, 0.25) is 0 Å². The van der Waals surface area contributed by atoms with E-state index >= 15 is 0 Å². The maximum absolute atomic E-state index is 9.47. The van der Waals surface area contributed by atoms with Crippen LogP contribution in [-0.4, -0.2) is 16.9 Å². The molecule has 5 heteroatoms. The Kier molecular flexibility index (Phi) is 1.74. The number of rotatable bonds is 1. The molecule has 4 nitrogen and oxygen atoms in total. The molecule has 0 saturated heterocycles. The summed E-state index contributed by atoms with van der Waals surface area (Å²) in [6.07, 6.45) is 0. The highest BCUT2D eigenvalue weighted by atomic mass is 31.2. The number of hydrogen-bond acceptors (Lipinski definition) is 2. The Balaban J connectivity index is 3.48. The first-order valence-corrected chi connectivity index (χ1v) is 2.70. The number of phosphoric acid groups is 1. The van der Waals surface area contributed by atoms with E-state index < -0.39 is 7.82 Å². The third-order valence-corrected chi connectivity index (χ3v) is 0.714. The second kappa shape index (κ2) is 1.71. The topological polar surface area (TPSA) is 66.8 Å². The molecule has 0 aromatic carbocycles. The zero-order valence-electron chi connectivity index (χ0n) is 3.16. The van der Waals surface area contributed by atoms with Gasteiger partial charge in [0.25, 0.3) is 0 Å². The van der Waals surface area contributed by atoms with Crippen molar-refractivity contribution in [3.8, 4) is 0 Å². The smallest absolute Gasteiger partial charge is 0.303 e. The van der Waals surface area contributed by atoms with Gasteiger partial charge in [0, 0.05) is 7.11 Å². The normalized spacial score (nSPS) is 11.8. The average molecular weight is 118 g/mol. The van der Waals surface area contributed by atoms with Crippen LogP contribution in [-0.2, 0) is 9.09 Å². The lowest BCUT2D eigenvalue weighted by molar-refractivity contribution is 0.235. The monoisotopic (exact) mass is 118 g/mol. The third-order valence-electron chi connectivity index (χ3n) is 0.238. The van der Waals surface area contributed by atoms with Crippen molar-refractivity contribution in [1.82, 2.24) is 0 Å². The summed E-state index contributed by atoms with van der Waals surface area (Å²) in [6.45, 7) is 0. The van der Waals surface area contributed by atoms with E-state index in [0.717, 1.165) is 7.11 Å². The second-order valence-corrected chi connectivity index (χ2v) is 2.02. The van der Waals surface area contributed by atoms with Gasteiger partial charge in [-0.1, -0.05) is 0 Å². The van der Waals surface area contributed by atoms with Gasteiger partial charge >= 0.3 is 7.82 Å². The summed E-state index contributed by atoms with van der Waals surface area (Å²) in [5.74, 6) is 0. The average Bonchev–Trinajstić information content (AvgIpc) is 1.35. The highest BCUT2D eigenvalue weighted by Gasteiger charge is 2.07. The first-order chi connectivity index (χ1) is 2.56. The van der Waals surface area contributed by atoms with Gasteiger partial charge in [-0.25, -0.2) is 4.57 Å². The van der Waals surface area contributed by atoms with Crippen molar-refractivity contribution in [2.45, 2.75) is 0 Å². The molecule has 0 unspecified atom stereocenters. The van der Waals surface area contributed by atoms with Crippen LogP contribution in [0.5, 0.6) is 0 Å². The summed E-state index contributed by atoms with van der Waals surface area (Å²) in [4.78, 5) is 15.4.